The lowest BCUT2D eigenvalue weighted by Crippen LogP contribution is -2.28. The maximum absolute atomic E-state index is 13.3. The van der Waals surface area contributed by atoms with E-state index in [4.69, 9.17) is 0 Å². The first-order valence-corrected chi connectivity index (χ1v) is 12.3. The van der Waals surface area contributed by atoms with Gasteiger partial charge in [-0.2, -0.15) is 39.9 Å². The molecule has 2 aromatic carbocycles. The van der Waals surface area contributed by atoms with Crippen molar-refractivity contribution >= 4 is 20.0 Å². The van der Waals surface area contributed by atoms with Gasteiger partial charge in [-0.1, -0.05) is 0 Å². The quantitative estimate of drug-likeness (QED) is 0.275. The van der Waals surface area contributed by atoms with Gasteiger partial charge in [0.2, 0.25) is 0 Å². The molecule has 0 N–H and O–H groups in total. The fraction of sp³-hybridized carbons (Fsp3) is 0.211. The summed E-state index contributed by atoms with van der Waals surface area (Å²) in [7, 11) is -9.51. The molecule has 0 aliphatic carbocycles. The third kappa shape index (κ3) is 5.19. The monoisotopic (exact) mass is 528 g/mol. The van der Waals surface area contributed by atoms with E-state index >= 15 is 0 Å². The smallest absolute Gasteiger partial charge is 0.376 e. The summed E-state index contributed by atoms with van der Waals surface area (Å²) in [6, 6.07) is 8.35. The van der Waals surface area contributed by atoms with Crippen LogP contribution in [0.5, 0.6) is 5.75 Å². The first-order valence-electron chi connectivity index (χ1n) is 9.00. The van der Waals surface area contributed by atoms with Crippen molar-refractivity contribution < 1.29 is 47.4 Å². The molecule has 34 heavy (non-hydrogen) atoms. The zero-order chi connectivity index (χ0) is 25.7. The van der Waals surface area contributed by atoms with Crippen LogP contribution in [0.1, 0.15) is 11.3 Å². The molecule has 1 heterocycles. The van der Waals surface area contributed by atoms with Gasteiger partial charge in [0, 0.05) is 11.8 Å². The number of sulfone groups is 1. The molecule has 3 rings (SSSR count). The van der Waals surface area contributed by atoms with Crippen LogP contribution in [0.15, 0.2) is 53.4 Å². The van der Waals surface area contributed by atoms with Crippen LogP contribution in [-0.4, -0.2) is 38.4 Å². The van der Waals surface area contributed by atoms with Gasteiger partial charge in [0.15, 0.2) is 15.5 Å². The molecule has 3 aromatic rings. The summed E-state index contributed by atoms with van der Waals surface area (Å²) in [6.45, 7) is 1.32. The van der Waals surface area contributed by atoms with Crippen molar-refractivity contribution in [1.29, 1.82) is 0 Å². The second-order valence-corrected chi connectivity index (χ2v) is 10.6. The molecule has 0 spiro atoms. The number of rotatable bonds is 5. The Kier molecular flexibility index (Phi) is 6.24. The van der Waals surface area contributed by atoms with Gasteiger partial charge in [-0.15, -0.1) is 0 Å². The summed E-state index contributed by atoms with van der Waals surface area (Å²) in [4.78, 5) is -0.0791. The minimum Gasteiger partial charge on any atom is -0.376 e. The third-order valence-corrected chi connectivity index (χ3v) is 6.58. The highest BCUT2D eigenvalue weighted by Crippen LogP contribution is 2.36. The Morgan fingerprint density at radius 2 is 1.47 bits per heavy atom. The van der Waals surface area contributed by atoms with E-state index in [1.165, 1.54) is 31.2 Å². The van der Waals surface area contributed by atoms with Gasteiger partial charge in [0.05, 0.1) is 16.3 Å². The van der Waals surface area contributed by atoms with Crippen molar-refractivity contribution in [2.24, 2.45) is 0 Å². The van der Waals surface area contributed by atoms with Gasteiger partial charge < -0.3 is 4.18 Å². The summed E-state index contributed by atoms with van der Waals surface area (Å²) in [5.74, 6) is -0.696. The van der Waals surface area contributed by atoms with Gasteiger partial charge in [-0.25, -0.2) is 13.1 Å². The zero-order valence-electron chi connectivity index (χ0n) is 17.1. The Morgan fingerprint density at radius 1 is 0.882 bits per heavy atom. The van der Waals surface area contributed by atoms with Crippen molar-refractivity contribution in [1.82, 2.24) is 9.78 Å². The summed E-state index contributed by atoms with van der Waals surface area (Å²) >= 11 is 0. The van der Waals surface area contributed by atoms with E-state index in [-0.39, 0.29) is 27.4 Å². The number of hydrogen-bond acceptors (Lipinski definition) is 6. The van der Waals surface area contributed by atoms with E-state index in [1.807, 2.05) is 0 Å². The fourth-order valence-electron chi connectivity index (χ4n) is 2.89. The van der Waals surface area contributed by atoms with Gasteiger partial charge in [-0.3, -0.25) is 0 Å². The van der Waals surface area contributed by atoms with Gasteiger partial charge in [0.1, 0.15) is 5.75 Å². The summed E-state index contributed by atoms with van der Waals surface area (Å²) in [5.41, 5.74) is -6.87. The Labute approximate surface area is 189 Å². The number of aromatic nitrogens is 2. The van der Waals surface area contributed by atoms with E-state index < -0.39 is 43.1 Å². The molecule has 0 amide bonds. The predicted molar refractivity (Wildman–Crippen MR) is 107 cm³/mol. The summed E-state index contributed by atoms with van der Waals surface area (Å²) < 4.78 is 128. The lowest BCUT2D eigenvalue weighted by atomic mass is 10.0. The number of halogens is 6. The summed E-state index contributed by atoms with van der Waals surface area (Å²) in [5, 5.41) is 3.54. The normalized spacial score (nSPS) is 13.2. The fourth-order valence-corrected chi connectivity index (χ4v) is 3.97. The second-order valence-electron chi connectivity index (χ2n) is 7.05. The number of hydrogen-bond donors (Lipinski definition) is 0. The number of nitrogens with zero attached hydrogens (tertiary/aromatic N) is 2. The van der Waals surface area contributed by atoms with Crippen LogP contribution in [0.25, 0.3) is 16.9 Å². The third-order valence-electron chi connectivity index (χ3n) is 4.47. The molecule has 15 heteroatoms. The molecule has 0 saturated heterocycles. The van der Waals surface area contributed by atoms with Crippen molar-refractivity contribution in [3.8, 4) is 22.7 Å². The average molecular weight is 528 g/mol. The highest BCUT2D eigenvalue weighted by atomic mass is 32.2. The van der Waals surface area contributed by atoms with E-state index in [2.05, 4.69) is 9.28 Å². The largest absolute Gasteiger partial charge is 0.534 e. The van der Waals surface area contributed by atoms with Crippen LogP contribution in [0.4, 0.5) is 26.3 Å². The zero-order valence-corrected chi connectivity index (χ0v) is 18.8. The first kappa shape index (κ1) is 25.6. The van der Waals surface area contributed by atoms with Crippen molar-refractivity contribution in [3.63, 3.8) is 0 Å². The van der Waals surface area contributed by atoms with E-state index in [1.54, 1.807) is 0 Å². The molecular weight excluding hydrogens is 514 g/mol. The molecule has 0 aliphatic rings. The molecule has 184 valence electrons. The molecule has 1 aromatic heterocycles. The molecule has 0 bridgehead atoms. The Bertz CT molecular complexity index is 1440. The second kappa shape index (κ2) is 8.30. The van der Waals surface area contributed by atoms with E-state index in [9.17, 15) is 43.2 Å². The van der Waals surface area contributed by atoms with Gasteiger partial charge in [-0.05, 0) is 61.0 Å². The maximum Gasteiger partial charge on any atom is 0.534 e. The van der Waals surface area contributed by atoms with Crippen LogP contribution >= 0.6 is 0 Å². The SMILES string of the molecule is Cc1cc(OS(=O)(=O)C(F)(F)F)ccc1-c1cc(C(F)(F)F)nn1-c1ccc(S(C)(=O)=O)cc1. The van der Waals surface area contributed by atoms with Crippen LogP contribution in [0.3, 0.4) is 0 Å². The highest BCUT2D eigenvalue weighted by Gasteiger charge is 2.48. The Balaban J connectivity index is 2.12. The molecular formula is C19H14F6N2O5S2. The van der Waals surface area contributed by atoms with Crippen LogP contribution in [-0.2, 0) is 26.1 Å². The number of benzene rings is 2. The summed E-state index contributed by atoms with van der Waals surface area (Å²) in [6.07, 6.45) is -3.89. The van der Waals surface area contributed by atoms with Crippen molar-refractivity contribution in [2.75, 3.05) is 6.26 Å². The highest BCUT2D eigenvalue weighted by molar-refractivity contribution is 7.90. The van der Waals surface area contributed by atoms with E-state index in [0.29, 0.717) is 6.07 Å². The Morgan fingerprint density at radius 3 is 1.94 bits per heavy atom. The standard InChI is InChI=1S/C19H14F6N2O5S2/c1-11-9-13(32-34(30,31)19(23,24)25)5-8-15(11)16-10-17(18(20,21)22)26-27(16)12-3-6-14(7-4-12)33(2,28)29/h3-10H,1-2H3. The first-order chi connectivity index (χ1) is 15.4. The average Bonchev–Trinajstić information content (AvgIpc) is 3.12. The molecule has 0 aliphatic heterocycles. The van der Waals surface area contributed by atoms with Crippen molar-refractivity contribution in [2.45, 2.75) is 23.5 Å². The van der Waals surface area contributed by atoms with Gasteiger partial charge in [0.25, 0.3) is 0 Å². The topological polar surface area (TPSA) is 95.3 Å². The molecule has 0 radical (unpaired) electrons. The Hall–Kier alpha value is -3.07. The number of aryl methyl sites for hydroxylation is 1. The minimum absolute atomic E-state index is 0.0669. The number of alkyl halides is 6. The molecule has 0 fully saturated rings. The molecule has 0 atom stereocenters. The van der Waals surface area contributed by atoms with Crippen molar-refractivity contribution in [3.05, 3.63) is 59.8 Å². The molecule has 0 saturated carbocycles. The van der Waals surface area contributed by atoms with Crippen LogP contribution in [0.2, 0.25) is 0 Å². The lowest BCUT2D eigenvalue weighted by molar-refractivity contribution is -0.141. The molecule has 7 nitrogen and oxygen atoms in total. The van der Waals surface area contributed by atoms with Crippen LogP contribution < -0.4 is 4.18 Å². The van der Waals surface area contributed by atoms with Crippen LogP contribution in [0, 0.1) is 6.92 Å². The minimum atomic E-state index is -5.94. The molecule has 0 unspecified atom stereocenters. The predicted octanol–water partition coefficient (Wildman–Crippen LogP) is 4.50. The van der Waals surface area contributed by atoms with Gasteiger partial charge >= 0.3 is 21.8 Å². The van der Waals surface area contributed by atoms with E-state index in [0.717, 1.165) is 29.1 Å². The lowest BCUT2D eigenvalue weighted by Gasteiger charge is -2.13. The maximum atomic E-state index is 13.3.